The topological polar surface area (TPSA) is 49.4 Å². The maximum Gasteiger partial charge on any atom is 0.147 e. The number of hydrogen-bond donors (Lipinski definition) is 1. The summed E-state index contributed by atoms with van der Waals surface area (Å²) in [4.78, 5) is 2.38. The monoisotopic (exact) mass is 248 g/mol. The van der Waals surface area contributed by atoms with E-state index < -0.39 is 9.84 Å². The van der Waals surface area contributed by atoms with Crippen molar-refractivity contribution in [2.75, 3.05) is 38.2 Å². The molecule has 1 unspecified atom stereocenters. The molecule has 1 fully saturated rings. The van der Waals surface area contributed by atoms with Crippen molar-refractivity contribution in [3.8, 4) is 0 Å². The fourth-order valence-electron chi connectivity index (χ4n) is 2.26. The van der Waals surface area contributed by atoms with E-state index in [9.17, 15) is 8.42 Å². The van der Waals surface area contributed by atoms with Crippen molar-refractivity contribution < 1.29 is 8.42 Å². The molecule has 1 N–H and O–H groups in total. The first kappa shape index (κ1) is 13.9. The predicted molar refractivity (Wildman–Crippen MR) is 67.5 cm³/mol. The van der Waals surface area contributed by atoms with Gasteiger partial charge in [0.2, 0.25) is 0 Å². The minimum absolute atomic E-state index is 0.315. The average molecular weight is 248 g/mol. The highest BCUT2D eigenvalue weighted by Gasteiger charge is 2.18. The Kier molecular flexibility index (Phi) is 5.72. The van der Waals surface area contributed by atoms with Gasteiger partial charge in [-0.05, 0) is 38.9 Å². The van der Waals surface area contributed by atoms with Gasteiger partial charge in [0.25, 0.3) is 0 Å². The van der Waals surface area contributed by atoms with Gasteiger partial charge in [0.15, 0.2) is 0 Å². The summed E-state index contributed by atoms with van der Waals surface area (Å²) in [6.07, 6.45) is 4.54. The molecule has 1 rings (SSSR count). The van der Waals surface area contributed by atoms with E-state index in [1.54, 1.807) is 0 Å². The van der Waals surface area contributed by atoms with E-state index in [1.807, 2.05) is 0 Å². The van der Waals surface area contributed by atoms with Gasteiger partial charge in [0, 0.05) is 18.8 Å². The van der Waals surface area contributed by atoms with Crippen LogP contribution >= 0.6 is 0 Å². The molecule has 16 heavy (non-hydrogen) atoms. The first-order valence-electron chi connectivity index (χ1n) is 6.14. The van der Waals surface area contributed by atoms with Crippen LogP contribution in [0.3, 0.4) is 0 Å². The summed E-state index contributed by atoms with van der Waals surface area (Å²) < 4.78 is 22.0. The van der Waals surface area contributed by atoms with Crippen LogP contribution in [0.4, 0.5) is 0 Å². The molecule has 0 radical (unpaired) electrons. The molecule has 1 aliphatic heterocycles. The number of nitrogens with one attached hydrogen (secondary N) is 1. The van der Waals surface area contributed by atoms with Gasteiger partial charge >= 0.3 is 0 Å². The first-order chi connectivity index (χ1) is 7.51. The van der Waals surface area contributed by atoms with Gasteiger partial charge in [0.05, 0.1) is 5.75 Å². The van der Waals surface area contributed by atoms with Crippen molar-refractivity contribution >= 4 is 9.84 Å². The summed E-state index contributed by atoms with van der Waals surface area (Å²) in [5, 5.41) is 3.46. The normalized spacial score (nSPS) is 23.5. The zero-order valence-corrected chi connectivity index (χ0v) is 11.2. The smallest absolute Gasteiger partial charge is 0.147 e. The highest BCUT2D eigenvalue weighted by atomic mass is 32.2. The zero-order chi connectivity index (χ0) is 12.0. The van der Waals surface area contributed by atoms with Gasteiger partial charge < -0.3 is 10.2 Å². The summed E-state index contributed by atoms with van der Waals surface area (Å²) in [7, 11) is -2.79. The van der Waals surface area contributed by atoms with Crippen molar-refractivity contribution in [2.45, 2.75) is 32.2 Å². The summed E-state index contributed by atoms with van der Waals surface area (Å²) in [6, 6.07) is 0.594. The number of likely N-dealkylation sites (tertiary alicyclic amines) is 1. The molecule has 0 saturated carbocycles. The summed E-state index contributed by atoms with van der Waals surface area (Å²) in [6.45, 7) is 6.24. The van der Waals surface area contributed by atoms with Crippen molar-refractivity contribution in [1.29, 1.82) is 0 Å². The number of likely N-dealkylation sites (N-methyl/N-ethyl adjacent to an activating group) is 1. The van der Waals surface area contributed by atoms with Gasteiger partial charge in [-0.1, -0.05) is 6.92 Å². The van der Waals surface area contributed by atoms with Gasteiger partial charge in [0.1, 0.15) is 9.84 Å². The quantitative estimate of drug-likeness (QED) is 0.743. The number of nitrogens with zero attached hydrogens (tertiary/aromatic N) is 1. The van der Waals surface area contributed by atoms with E-state index in [4.69, 9.17) is 0 Å². The van der Waals surface area contributed by atoms with Gasteiger partial charge in [-0.2, -0.15) is 0 Å². The summed E-state index contributed by atoms with van der Waals surface area (Å²) in [5.41, 5.74) is 0. The maximum atomic E-state index is 11.0. The van der Waals surface area contributed by atoms with Crippen LogP contribution < -0.4 is 5.32 Å². The first-order valence-corrected chi connectivity index (χ1v) is 8.21. The largest absolute Gasteiger partial charge is 0.313 e. The average Bonchev–Trinajstić information content (AvgIpc) is 2.17. The molecule has 0 aromatic heterocycles. The van der Waals surface area contributed by atoms with Gasteiger partial charge in [-0.3, -0.25) is 0 Å². The molecule has 4 nitrogen and oxygen atoms in total. The standard InChI is InChI=1S/C11H24N2O2S/c1-3-12-11-6-4-7-13(10-11)8-5-9-16(2,14)15/h11-12H,3-10H2,1-2H3. The third-order valence-corrected chi connectivity index (χ3v) is 4.02. The maximum absolute atomic E-state index is 11.0. The predicted octanol–water partition coefficient (Wildman–Crippen LogP) is 0.495. The Morgan fingerprint density at radius 3 is 2.81 bits per heavy atom. The van der Waals surface area contributed by atoms with Crippen LogP contribution in [-0.4, -0.2) is 57.5 Å². The lowest BCUT2D eigenvalue weighted by Gasteiger charge is -2.33. The van der Waals surface area contributed by atoms with E-state index in [0.717, 1.165) is 32.6 Å². The molecule has 1 atom stereocenters. The van der Waals surface area contributed by atoms with E-state index in [1.165, 1.54) is 19.1 Å². The highest BCUT2D eigenvalue weighted by molar-refractivity contribution is 7.90. The Balaban J connectivity index is 2.21. The Morgan fingerprint density at radius 2 is 2.19 bits per heavy atom. The third-order valence-electron chi connectivity index (χ3n) is 2.99. The second-order valence-electron chi connectivity index (χ2n) is 4.68. The molecule has 96 valence electrons. The van der Waals surface area contributed by atoms with E-state index in [0.29, 0.717) is 11.8 Å². The van der Waals surface area contributed by atoms with Crippen LogP contribution in [-0.2, 0) is 9.84 Å². The number of rotatable bonds is 6. The molecular formula is C11H24N2O2S. The van der Waals surface area contributed by atoms with Gasteiger partial charge in [-0.15, -0.1) is 0 Å². The SMILES string of the molecule is CCNC1CCCN(CCCS(C)(=O)=O)C1. The molecule has 1 aliphatic rings. The number of sulfone groups is 1. The molecule has 0 aromatic rings. The van der Waals surface area contributed by atoms with Crippen LogP contribution in [0.25, 0.3) is 0 Å². The van der Waals surface area contributed by atoms with Crippen LogP contribution in [0.15, 0.2) is 0 Å². The highest BCUT2D eigenvalue weighted by Crippen LogP contribution is 2.10. The molecule has 0 bridgehead atoms. The van der Waals surface area contributed by atoms with Crippen molar-refractivity contribution in [2.24, 2.45) is 0 Å². The molecule has 1 saturated heterocycles. The zero-order valence-electron chi connectivity index (χ0n) is 10.4. The molecule has 1 heterocycles. The minimum atomic E-state index is -2.79. The molecule has 0 amide bonds. The van der Waals surface area contributed by atoms with E-state index >= 15 is 0 Å². The van der Waals surface area contributed by atoms with Crippen LogP contribution in [0, 0.1) is 0 Å². The Hall–Kier alpha value is -0.130. The lowest BCUT2D eigenvalue weighted by Crippen LogP contribution is -2.46. The summed E-state index contributed by atoms with van der Waals surface area (Å²) >= 11 is 0. The lowest BCUT2D eigenvalue weighted by atomic mass is 10.1. The molecular weight excluding hydrogens is 224 g/mol. The number of piperidine rings is 1. The molecule has 0 aromatic carbocycles. The van der Waals surface area contributed by atoms with Crippen molar-refractivity contribution in [1.82, 2.24) is 10.2 Å². The molecule has 5 heteroatoms. The Labute approximate surface area is 99.3 Å². The van der Waals surface area contributed by atoms with Crippen molar-refractivity contribution in [3.05, 3.63) is 0 Å². The molecule has 0 aliphatic carbocycles. The fourth-order valence-corrected chi connectivity index (χ4v) is 2.92. The lowest BCUT2D eigenvalue weighted by molar-refractivity contribution is 0.192. The van der Waals surface area contributed by atoms with Crippen LogP contribution in [0.2, 0.25) is 0 Å². The Morgan fingerprint density at radius 1 is 1.44 bits per heavy atom. The summed E-state index contributed by atoms with van der Waals surface area (Å²) in [5.74, 6) is 0.315. The van der Waals surface area contributed by atoms with E-state index in [2.05, 4.69) is 17.1 Å². The van der Waals surface area contributed by atoms with E-state index in [-0.39, 0.29) is 0 Å². The van der Waals surface area contributed by atoms with Crippen LogP contribution in [0.1, 0.15) is 26.2 Å². The Bertz CT molecular complexity index is 288. The third kappa shape index (κ3) is 5.82. The fraction of sp³-hybridized carbons (Fsp3) is 1.00. The van der Waals surface area contributed by atoms with Crippen molar-refractivity contribution in [3.63, 3.8) is 0 Å². The van der Waals surface area contributed by atoms with Crippen LogP contribution in [0.5, 0.6) is 0 Å². The number of hydrogen-bond acceptors (Lipinski definition) is 4. The molecule has 0 spiro atoms. The second-order valence-corrected chi connectivity index (χ2v) is 6.94. The minimum Gasteiger partial charge on any atom is -0.313 e. The van der Waals surface area contributed by atoms with Gasteiger partial charge in [-0.25, -0.2) is 8.42 Å². The second kappa shape index (κ2) is 6.57.